The number of hydrogen-bond donors (Lipinski definition) is 0. The minimum absolute atomic E-state index is 0.496. The lowest BCUT2D eigenvalue weighted by Crippen LogP contribution is -1.85. The molecule has 1 heteroatoms. The van der Waals surface area contributed by atoms with Crippen LogP contribution >= 0.6 is 0 Å². The van der Waals surface area contributed by atoms with Gasteiger partial charge < -0.3 is 0 Å². The van der Waals surface area contributed by atoms with E-state index in [1.807, 2.05) is 26.0 Å². The standard InChI is InChI=1S/C9H10O/c1-7-3-4-9(6-10)8(2)5-7/h3-6H,1-2H3/i6D. The van der Waals surface area contributed by atoms with Crippen LogP contribution in [-0.4, -0.2) is 6.26 Å². The van der Waals surface area contributed by atoms with Gasteiger partial charge in [0, 0.05) is 5.56 Å². The highest BCUT2D eigenvalue weighted by molar-refractivity contribution is 5.77. The first kappa shape index (κ1) is 5.66. The zero-order valence-electron chi connectivity index (χ0n) is 7.14. The molecular formula is C9H10O. The second-order valence-corrected chi connectivity index (χ2v) is 2.42. The number of rotatable bonds is 1. The van der Waals surface area contributed by atoms with Crippen molar-refractivity contribution in [2.75, 3.05) is 0 Å². The zero-order chi connectivity index (χ0) is 8.43. The van der Waals surface area contributed by atoms with Crippen molar-refractivity contribution in [2.24, 2.45) is 0 Å². The van der Waals surface area contributed by atoms with Gasteiger partial charge in [0.05, 0.1) is 0 Å². The predicted octanol–water partition coefficient (Wildman–Crippen LogP) is 2.12. The fourth-order valence-corrected chi connectivity index (χ4v) is 0.928. The molecule has 0 spiro atoms. The normalized spacial score (nSPS) is 10.8. The van der Waals surface area contributed by atoms with Crippen molar-refractivity contribution in [1.82, 2.24) is 0 Å². The van der Waals surface area contributed by atoms with Gasteiger partial charge in [-0.25, -0.2) is 0 Å². The molecule has 0 saturated carbocycles. The third-order valence-corrected chi connectivity index (χ3v) is 1.49. The third-order valence-electron chi connectivity index (χ3n) is 1.49. The summed E-state index contributed by atoms with van der Waals surface area (Å²) in [6.45, 7) is 3.81. The Hall–Kier alpha value is -1.11. The van der Waals surface area contributed by atoms with E-state index in [1.165, 1.54) is 0 Å². The summed E-state index contributed by atoms with van der Waals surface area (Å²) >= 11 is 0. The lowest BCUT2D eigenvalue weighted by molar-refractivity contribution is 0.112. The van der Waals surface area contributed by atoms with Crippen molar-refractivity contribution in [2.45, 2.75) is 13.8 Å². The minimum Gasteiger partial charge on any atom is -0.298 e. The van der Waals surface area contributed by atoms with E-state index in [4.69, 9.17) is 1.37 Å². The number of carbonyl (C=O) groups excluding carboxylic acids is 1. The molecule has 52 valence electrons. The third kappa shape index (κ3) is 1.24. The van der Waals surface area contributed by atoms with Crippen molar-refractivity contribution in [3.05, 3.63) is 34.9 Å². The maximum atomic E-state index is 10.6. The molecule has 0 radical (unpaired) electrons. The molecule has 0 atom stereocenters. The van der Waals surface area contributed by atoms with E-state index in [1.54, 1.807) is 6.07 Å². The molecule has 0 aliphatic heterocycles. The summed E-state index contributed by atoms with van der Waals surface area (Å²) in [7, 11) is 0. The maximum Gasteiger partial charge on any atom is 0.150 e. The average Bonchev–Trinajstić information content (AvgIpc) is 1.85. The lowest BCUT2D eigenvalue weighted by Gasteiger charge is -1.97. The van der Waals surface area contributed by atoms with E-state index in [9.17, 15) is 4.79 Å². The second kappa shape index (κ2) is 2.65. The molecule has 0 N–H and O–H groups in total. The van der Waals surface area contributed by atoms with Crippen molar-refractivity contribution in [3.63, 3.8) is 0 Å². The average molecular weight is 135 g/mol. The molecule has 0 aliphatic rings. The highest BCUT2D eigenvalue weighted by Crippen LogP contribution is 2.07. The molecule has 0 amide bonds. The van der Waals surface area contributed by atoms with E-state index >= 15 is 0 Å². The Morgan fingerprint density at radius 2 is 2.20 bits per heavy atom. The van der Waals surface area contributed by atoms with Gasteiger partial charge in [-0.1, -0.05) is 23.8 Å². The van der Waals surface area contributed by atoms with Gasteiger partial charge in [0.15, 0.2) is 0 Å². The van der Waals surface area contributed by atoms with Gasteiger partial charge in [0.1, 0.15) is 7.63 Å². The van der Waals surface area contributed by atoms with Crippen LogP contribution in [0.1, 0.15) is 22.9 Å². The highest BCUT2D eigenvalue weighted by Gasteiger charge is 1.93. The largest absolute Gasteiger partial charge is 0.298 e. The van der Waals surface area contributed by atoms with Crippen LogP contribution < -0.4 is 0 Å². The van der Waals surface area contributed by atoms with Crippen LogP contribution in [0.15, 0.2) is 18.2 Å². The van der Waals surface area contributed by atoms with Gasteiger partial charge in [-0.15, -0.1) is 0 Å². The van der Waals surface area contributed by atoms with Crippen LogP contribution in [0.25, 0.3) is 0 Å². The minimum atomic E-state index is -0.609. The van der Waals surface area contributed by atoms with E-state index in [-0.39, 0.29) is 0 Å². The Kier molecular flexibility index (Phi) is 1.50. The Balaban J connectivity index is 3.20. The first-order chi connectivity index (χ1) is 5.11. The fraction of sp³-hybridized carbons (Fsp3) is 0.222. The molecule has 1 aromatic rings. The highest BCUT2D eigenvalue weighted by atomic mass is 16.1. The molecule has 0 bridgehead atoms. The molecule has 0 fully saturated rings. The Morgan fingerprint density at radius 3 is 2.70 bits per heavy atom. The van der Waals surface area contributed by atoms with E-state index in [0.29, 0.717) is 5.56 Å². The van der Waals surface area contributed by atoms with Crippen molar-refractivity contribution in [3.8, 4) is 0 Å². The van der Waals surface area contributed by atoms with Crippen molar-refractivity contribution in [1.29, 1.82) is 0 Å². The second-order valence-electron chi connectivity index (χ2n) is 2.42. The summed E-state index contributed by atoms with van der Waals surface area (Å²) in [6.07, 6.45) is -0.609. The predicted molar refractivity (Wildman–Crippen MR) is 41.3 cm³/mol. The monoisotopic (exact) mass is 135 g/mol. The number of aldehydes is 1. The van der Waals surface area contributed by atoms with Crippen LogP contribution in [0.5, 0.6) is 0 Å². The van der Waals surface area contributed by atoms with Gasteiger partial charge in [-0.2, -0.15) is 0 Å². The molecular weight excluding hydrogens is 124 g/mol. The van der Waals surface area contributed by atoms with E-state index in [0.717, 1.165) is 11.1 Å². The molecule has 0 aliphatic carbocycles. The van der Waals surface area contributed by atoms with Gasteiger partial charge >= 0.3 is 0 Å². The summed E-state index contributed by atoms with van der Waals surface area (Å²) in [4.78, 5) is 10.6. The van der Waals surface area contributed by atoms with Crippen molar-refractivity contribution >= 4 is 6.26 Å². The first-order valence-electron chi connectivity index (χ1n) is 3.69. The SMILES string of the molecule is [2H]C(=O)c1ccc(C)cc1C. The summed E-state index contributed by atoms with van der Waals surface area (Å²) < 4.78 is 6.89. The topological polar surface area (TPSA) is 17.1 Å². The Labute approximate surface area is 62.1 Å². The van der Waals surface area contributed by atoms with Gasteiger partial charge in [-0.3, -0.25) is 4.79 Å². The number of aryl methyl sites for hydroxylation is 2. The van der Waals surface area contributed by atoms with Crippen LogP contribution in [0.2, 0.25) is 0 Å². The van der Waals surface area contributed by atoms with E-state index < -0.39 is 6.26 Å². The fourth-order valence-electron chi connectivity index (χ4n) is 0.928. The maximum absolute atomic E-state index is 10.6. The molecule has 0 saturated heterocycles. The van der Waals surface area contributed by atoms with E-state index in [2.05, 4.69) is 0 Å². The summed E-state index contributed by atoms with van der Waals surface area (Å²) in [6, 6.07) is 5.44. The summed E-state index contributed by atoms with van der Waals surface area (Å²) in [5.41, 5.74) is 2.49. The summed E-state index contributed by atoms with van der Waals surface area (Å²) in [5, 5.41) is 0. The molecule has 1 aromatic carbocycles. The van der Waals surface area contributed by atoms with Gasteiger partial charge in [0.2, 0.25) is 0 Å². The van der Waals surface area contributed by atoms with Crippen molar-refractivity contribution < 1.29 is 6.17 Å². The first-order valence-corrected chi connectivity index (χ1v) is 3.19. The van der Waals surface area contributed by atoms with Crippen LogP contribution in [0, 0.1) is 13.8 Å². The smallest absolute Gasteiger partial charge is 0.150 e. The van der Waals surface area contributed by atoms with Crippen LogP contribution in [0.3, 0.4) is 0 Å². The molecule has 0 aromatic heterocycles. The molecule has 1 nitrogen and oxygen atoms in total. The van der Waals surface area contributed by atoms with Gasteiger partial charge in [-0.05, 0) is 19.4 Å². The molecule has 0 heterocycles. The molecule has 10 heavy (non-hydrogen) atoms. The Bertz CT molecular complexity index is 292. The number of carbonyl (C=O) groups is 1. The number of hydrogen-bond acceptors (Lipinski definition) is 1. The Morgan fingerprint density at radius 1 is 1.50 bits per heavy atom. The zero-order valence-corrected chi connectivity index (χ0v) is 6.14. The quantitative estimate of drug-likeness (QED) is 0.539. The molecule has 1 rings (SSSR count). The lowest BCUT2D eigenvalue weighted by atomic mass is 10.1. The van der Waals surface area contributed by atoms with Crippen LogP contribution in [0.4, 0.5) is 0 Å². The molecule has 0 unspecified atom stereocenters. The summed E-state index contributed by atoms with van der Waals surface area (Å²) in [5.74, 6) is 0. The van der Waals surface area contributed by atoms with Gasteiger partial charge in [0.25, 0.3) is 0 Å². The van der Waals surface area contributed by atoms with Crippen LogP contribution in [-0.2, 0) is 0 Å². The number of benzene rings is 1.